The largest absolute Gasteiger partial charge is 0.491 e. The number of nitrogens with one attached hydrogen (secondary N) is 1. The minimum atomic E-state index is -3.15. The van der Waals surface area contributed by atoms with Crippen LogP contribution in [0.15, 0.2) is 165 Å². The number of piperazine rings is 3. The number of hydrogen-bond donors (Lipinski definition) is 1. The van der Waals surface area contributed by atoms with Crippen LogP contribution in [-0.2, 0) is 50.0 Å². The lowest BCUT2D eigenvalue weighted by molar-refractivity contribution is -0.00879. The smallest absolute Gasteiger partial charge is 0.212 e. The molecule has 119 heavy (non-hydrogen) atoms. The van der Waals surface area contributed by atoms with Gasteiger partial charge in [-0.1, -0.05) is 18.2 Å². The van der Waals surface area contributed by atoms with E-state index in [1.54, 1.807) is 78.2 Å². The van der Waals surface area contributed by atoms with E-state index in [0.717, 1.165) is 110 Å². The summed E-state index contributed by atoms with van der Waals surface area (Å²) in [4.78, 5) is 42.0. The Bertz CT molecular complexity index is 5790. The first-order chi connectivity index (χ1) is 57.6. The molecule has 1 N–H and O–H groups in total. The van der Waals surface area contributed by atoms with E-state index in [4.69, 9.17) is 48.2 Å². The summed E-state index contributed by atoms with van der Waals surface area (Å²) in [6.45, 7) is 8.65. The van der Waals surface area contributed by atoms with E-state index in [0.29, 0.717) is 117 Å². The molecule has 9 saturated heterocycles. The fourth-order valence-corrected chi connectivity index (χ4v) is 17.5. The summed E-state index contributed by atoms with van der Waals surface area (Å²) < 4.78 is 91.6. The van der Waals surface area contributed by atoms with E-state index >= 15 is 0 Å². The summed E-state index contributed by atoms with van der Waals surface area (Å²) in [6, 6.07) is 39.1. The van der Waals surface area contributed by atoms with Crippen molar-refractivity contribution in [2.75, 3.05) is 131 Å². The minimum absolute atomic E-state index is 0.0244. The lowest BCUT2D eigenvalue weighted by atomic mass is 9.87. The average molecular weight is 1660 g/mol. The number of fused-ring (bicyclic) bond motifs is 9. The molecule has 0 aromatic carbocycles. The van der Waals surface area contributed by atoms with E-state index in [2.05, 4.69) is 96.1 Å². The third-order valence-electron chi connectivity index (χ3n) is 22.5. The maximum atomic E-state index is 11.7. The second kappa shape index (κ2) is 34.6. The van der Waals surface area contributed by atoms with Crippen molar-refractivity contribution in [3.63, 3.8) is 0 Å². The monoisotopic (exact) mass is 1660 g/mol. The first-order valence-corrected chi connectivity index (χ1v) is 44.8. The molecule has 9 fully saturated rings. The molecule has 0 saturated carbocycles. The fourth-order valence-electron chi connectivity index (χ4n) is 16.4. The van der Waals surface area contributed by atoms with E-state index in [9.17, 15) is 32.6 Å². The zero-order valence-corrected chi connectivity index (χ0v) is 68.9. The van der Waals surface area contributed by atoms with Crippen molar-refractivity contribution in [2.24, 2.45) is 0 Å². The summed E-state index contributed by atoms with van der Waals surface area (Å²) >= 11 is 0. The molecule has 21 rings (SSSR count). The summed E-state index contributed by atoms with van der Waals surface area (Å²) in [5.74, 6) is 6.73. The minimum Gasteiger partial charge on any atom is -0.491 e. The zero-order chi connectivity index (χ0) is 82.6. The number of aromatic nitrogens is 12. The molecule has 6 bridgehead atoms. The van der Waals surface area contributed by atoms with Crippen LogP contribution in [0.1, 0.15) is 52.6 Å². The number of anilines is 3. The molecule has 32 nitrogen and oxygen atoms in total. The van der Waals surface area contributed by atoms with Gasteiger partial charge in [-0.05, 0) is 90.6 Å². The molecular formula is C84H88N22O10S3. The van der Waals surface area contributed by atoms with Gasteiger partial charge in [0.25, 0.3) is 0 Å². The Kier molecular flexibility index (Phi) is 23.4. The molecule has 12 aromatic heterocycles. The van der Waals surface area contributed by atoms with Crippen LogP contribution >= 0.6 is 0 Å². The molecule has 612 valence electrons. The second-order valence-corrected chi connectivity index (χ2v) is 36.8. The van der Waals surface area contributed by atoms with Crippen molar-refractivity contribution in [1.82, 2.24) is 73.4 Å². The molecule has 0 aliphatic carbocycles. The molecule has 9 aliphatic heterocycles. The number of sulfone groups is 1. The Morgan fingerprint density at radius 3 is 1.02 bits per heavy atom. The molecule has 8 unspecified atom stereocenters. The van der Waals surface area contributed by atoms with Gasteiger partial charge in [0.05, 0.1) is 116 Å². The van der Waals surface area contributed by atoms with Gasteiger partial charge < -0.3 is 43.1 Å². The SMILES string of the molecule is COc1ccc(CN2C3CC2CN(c2ccc(-c4cc(OCCS(C)(=N)=O)cn5ncc(C#N)c45)cn2)C3)cn1.COc1ccc(CN2C3CC2CN(c2ccc(-c4cc(OCCS(C)(=O)=O)cn5ncc(C#N)c45)cn2)C3)cn1.COc1ccc(CN2C3CC2CN(c2ccc(-c4cc(OCCS(C)=O)cn5ncc(C#N)c45)cn2)C3)cn1. The van der Waals surface area contributed by atoms with Crippen molar-refractivity contribution in [3.05, 3.63) is 199 Å². The van der Waals surface area contributed by atoms with E-state index in [1.807, 2.05) is 97.7 Å². The van der Waals surface area contributed by atoms with Gasteiger partial charge >= 0.3 is 0 Å². The maximum absolute atomic E-state index is 11.7. The lowest BCUT2D eigenvalue weighted by Crippen LogP contribution is -2.68. The number of methoxy groups -OCH3 is 3. The van der Waals surface area contributed by atoms with Crippen LogP contribution in [0, 0.1) is 38.8 Å². The number of hydrogen-bond acceptors (Lipinski definition) is 29. The lowest BCUT2D eigenvalue weighted by Gasteiger charge is -2.56. The molecule has 9 aliphatic rings. The van der Waals surface area contributed by atoms with Crippen molar-refractivity contribution in [1.29, 1.82) is 20.6 Å². The molecule has 0 radical (unpaired) electrons. The molecule has 12 aromatic rings. The van der Waals surface area contributed by atoms with Crippen molar-refractivity contribution < 1.29 is 45.3 Å². The third kappa shape index (κ3) is 18.0. The predicted molar refractivity (Wildman–Crippen MR) is 448 cm³/mol. The van der Waals surface area contributed by atoms with Crippen LogP contribution in [0.4, 0.5) is 17.5 Å². The van der Waals surface area contributed by atoms with Crippen LogP contribution in [0.3, 0.4) is 0 Å². The Morgan fingerprint density at radius 2 is 0.756 bits per heavy atom. The van der Waals surface area contributed by atoms with Gasteiger partial charge in [-0.2, -0.15) is 31.1 Å². The predicted octanol–water partition coefficient (Wildman–Crippen LogP) is 8.64. The number of piperidine rings is 3. The standard InChI is InChI=1S/C28H30N8O3S.C28H29N7O4S.C28H29N7O3S/c1-38-27-6-3-19(12-32-27)15-35-22-9-23(35)17-34(16-22)26-5-4-20(13-31-26)25-10-24(39-7-8-40(2,30)37)18-36-28(25)21(11-29)14-33-36;1-38-27-6-3-19(12-31-27)15-34-22-9-23(34)17-33(16-22)26-5-4-20(13-30-26)25-10-24(39-7-8-40(2,36)37)18-35-28(25)21(11-29)14-32-35;1-37-27-6-3-19(12-31-27)15-34-22-9-23(34)17-33(16-22)26-5-4-20(13-30-26)25-10-24(38-7-8-39(2)36)18-35-28(25)21(11-29)14-32-35/h3-6,10,12-14,18,22-23,30H,7-9,15-17H2,1-2H3;3-6,10,12-14,18,22-23H,7-9,15-17H2,1-2H3;3-6,10,12-14,18,22-23H,7-9,15-17H2,1-2H3. The van der Waals surface area contributed by atoms with Gasteiger partial charge in [-0.15, -0.1) is 0 Å². The molecule has 35 heteroatoms. The molecule has 0 amide bonds. The average Bonchev–Trinajstić information content (AvgIpc) is 1.72. The Morgan fingerprint density at radius 1 is 0.437 bits per heavy atom. The first-order valence-electron chi connectivity index (χ1n) is 38.8. The maximum Gasteiger partial charge on any atom is 0.212 e. The van der Waals surface area contributed by atoms with Gasteiger partial charge in [0.15, 0.2) is 9.84 Å². The Balaban J connectivity index is 0.000000133. The molecular weight excluding hydrogens is 1570 g/mol. The van der Waals surface area contributed by atoms with Crippen molar-refractivity contribution in [2.45, 2.75) is 75.1 Å². The van der Waals surface area contributed by atoms with Gasteiger partial charge in [0.2, 0.25) is 17.6 Å². The van der Waals surface area contributed by atoms with E-state index in [-0.39, 0.29) is 24.7 Å². The number of rotatable bonds is 27. The zero-order valence-electron chi connectivity index (χ0n) is 66.5. The van der Waals surface area contributed by atoms with Gasteiger partial charge in [-0.3, -0.25) is 27.9 Å². The van der Waals surface area contributed by atoms with Crippen molar-refractivity contribution >= 4 is 64.4 Å². The molecule has 21 heterocycles. The molecule has 8 atom stereocenters. The summed E-state index contributed by atoms with van der Waals surface area (Å²) in [5.41, 5.74) is 11.8. The number of nitrogens with zero attached hydrogens (tertiary/aromatic N) is 21. The highest BCUT2D eigenvalue weighted by molar-refractivity contribution is 7.91. The van der Waals surface area contributed by atoms with Crippen LogP contribution in [0.25, 0.3) is 49.9 Å². The highest BCUT2D eigenvalue weighted by Crippen LogP contribution is 2.42. The summed E-state index contributed by atoms with van der Waals surface area (Å²) in [6.07, 6.45) is 28.6. The van der Waals surface area contributed by atoms with Crippen LogP contribution in [-0.4, -0.2) is 243 Å². The van der Waals surface area contributed by atoms with Crippen LogP contribution in [0.2, 0.25) is 0 Å². The third-order valence-corrected chi connectivity index (χ3v) is 25.1. The topological polar surface area (TPSA) is 368 Å². The number of pyridine rings is 9. The van der Waals surface area contributed by atoms with Crippen LogP contribution in [0.5, 0.6) is 34.9 Å². The van der Waals surface area contributed by atoms with Gasteiger partial charge in [0.1, 0.15) is 66.1 Å². The normalized spacial score (nSPS) is 19.4. The number of nitriles is 3. The van der Waals surface area contributed by atoms with Gasteiger partial charge in [-0.25, -0.2) is 51.9 Å². The fraction of sp³-hybridized carbons (Fsp3) is 0.357. The van der Waals surface area contributed by atoms with Crippen LogP contribution < -0.4 is 43.1 Å². The Hall–Kier alpha value is -12.4. The highest BCUT2D eigenvalue weighted by Gasteiger charge is 2.47. The highest BCUT2D eigenvalue weighted by atomic mass is 32.2. The summed E-state index contributed by atoms with van der Waals surface area (Å²) in [5, 5.41) is 41.9. The number of ether oxygens (including phenoxy) is 6. The second-order valence-electron chi connectivity index (χ2n) is 30.5. The first kappa shape index (κ1) is 80.4. The summed E-state index contributed by atoms with van der Waals surface area (Å²) in [7, 11) is -1.87. The molecule has 0 spiro atoms. The van der Waals surface area contributed by atoms with Crippen molar-refractivity contribution in [3.8, 4) is 86.5 Å². The van der Waals surface area contributed by atoms with Gasteiger partial charge in [0, 0.05) is 223 Å². The van der Waals surface area contributed by atoms with E-state index in [1.165, 1.54) is 60.9 Å². The quantitative estimate of drug-likeness (QED) is 0.0503. The van der Waals surface area contributed by atoms with E-state index < -0.39 is 30.4 Å². The Labute approximate surface area is 691 Å².